The van der Waals surface area contributed by atoms with Gasteiger partial charge in [0.2, 0.25) is 11.8 Å². The molecule has 0 saturated carbocycles. The number of likely N-dealkylation sites (tertiary alicyclic amines) is 1. The molecule has 1 heterocycles. The molecule has 1 rings (SSSR count). The van der Waals surface area contributed by atoms with E-state index in [-0.39, 0.29) is 18.4 Å². The van der Waals surface area contributed by atoms with Gasteiger partial charge in [-0.15, -0.1) is 6.58 Å². The van der Waals surface area contributed by atoms with E-state index in [1.165, 1.54) is 6.08 Å². The molecule has 0 bridgehead atoms. The fourth-order valence-corrected chi connectivity index (χ4v) is 1.40. The van der Waals surface area contributed by atoms with E-state index < -0.39 is 6.04 Å². The van der Waals surface area contributed by atoms with Crippen LogP contribution in [0.5, 0.6) is 0 Å². The normalized spacial score (nSPS) is 20.2. The minimum absolute atomic E-state index is 0.213. The van der Waals surface area contributed by atoms with E-state index in [0.29, 0.717) is 19.3 Å². The Morgan fingerprint density at radius 1 is 1.46 bits per heavy atom. The van der Waals surface area contributed by atoms with Gasteiger partial charge in [0, 0.05) is 12.8 Å². The number of rotatable bonds is 3. The Labute approximate surface area is 76.8 Å². The van der Waals surface area contributed by atoms with Crippen molar-refractivity contribution in [1.82, 2.24) is 4.90 Å². The van der Waals surface area contributed by atoms with Gasteiger partial charge in [-0.25, -0.2) is 0 Å². The van der Waals surface area contributed by atoms with Gasteiger partial charge in [-0.05, 0) is 6.42 Å². The number of piperidine rings is 1. The third-order valence-electron chi connectivity index (χ3n) is 2.11. The minimum atomic E-state index is -0.555. The number of aliphatic hydroxyl groups excluding tert-OH is 1. The van der Waals surface area contributed by atoms with Crippen molar-refractivity contribution in [3.8, 4) is 0 Å². The molecule has 2 amide bonds. The van der Waals surface area contributed by atoms with E-state index >= 15 is 0 Å². The predicted molar refractivity (Wildman–Crippen MR) is 46.8 cm³/mol. The van der Waals surface area contributed by atoms with Crippen LogP contribution in [0.15, 0.2) is 12.7 Å². The van der Waals surface area contributed by atoms with Gasteiger partial charge < -0.3 is 5.11 Å². The molecule has 1 fully saturated rings. The van der Waals surface area contributed by atoms with Gasteiger partial charge in [0.25, 0.3) is 0 Å². The summed E-state index contributed by atoms with van der Waals surface area (Å²) >= 11 is 0. The summed E-state index contributed by atoms with van der Waals surface area (Å²) in [5.41, 5.74) is 0. The van der Waals surface area contributed by atoms with Crippen LogP contribution in [0, 0.1) is 0 Å². The second kappa shape index (κ2) is 4.18. The fraction of sp³-hybridized carbons (Fsp3) is 0.556. The molecule has 0 aromatic heterocycles. The summed E-state index contributed by atoms with van der Waals surface area (Å²) < 4.78 is 0. The van der Waals surface area contributed by atoms with Crippen molar-refractivity contribution in [1.29, 1.82) is 0 Å². The molecular formula is C9H13NO3. The van der Waals surface area contributed by atoms with Gasteiger partial charge >= 0.3 is 0 Å². The molecule has 0 unspecified atom stereocenters. The summed E-state index contributed by atoms with van der Waals surface area (Å²) in [6.45, 7) is 3.22. The highest BCUT2D eigenvalue weighted by Gasteiger charge is 2.30. The van der Waals surface area contributed by atoms with Gasteiger partial charge in [0.1, 0.15) is 0 Å². The number of aliphatic hydroxyl groups is 1. The van der Waals surface area contributed by atoms with Crippen LogP contribution >= 0.6 is 0 Å². The van der Waals surface area contributed by atoms with Crippen molar-refractivity contribution in [3.63, 3.8) is 0 Å². The maximum atomic E-state index is 11.3. The molecule has 0 aliphatic carbocycles. The molecule has 13 heavy (non-hydrogen) atoms. The molecule has 0 aromatic carbocycles. The molecule has 1 saturated heterocycles. The first-order chi connectivity index (χ1) is 6.20. The van der Waals surface area contributed by atoms with Crippen molar-refractivity contribution in [2.24, 2.45) is 0 Å². The number of carbonyl (C=O) groups excluding carboxylic acids is 2. The third-order valence-corrected chi connectivity index (χ3v) is 2.11. The lowest BCUT2D eigenvalue weighted by Crippen LogP contribution is -2.47. The molecule has 0 aromatic rings. The highest BCUT2D eigenvalue weighted by atomic mass is 16.3. The van der Waals surface area contributed by atoms with Crippen molar-refractivity contribution >= 4 is 11.8 Å². The van der Waals surface area contributed by atoms with E-state index in [4.69, 9.17) is 5.11 Å². The zero-order valence-corrected chi connectivity index (χ0v) is 7.40. The van der Waals surface area contributed by atoms with Crippen molar-refractivity contribution in [2.45, 2.75) is 25.3 Å². The van der Waals surface area contributed by atoms with E-state index in [0.717, 1.165) is 4.90 Å². The summed E-state index contributed by atoms with van der Waals surface area (Å²) in [5.74, 6) is -0.426. The average Bonchev–Trinajstić information content (AvgIpc) is 2.11. The van der Waals surface area contributed by atoms with Crippen LogP contribution in [-0.4, -0.2) is 34.5 Å². The Kier molecular flexibility index (Phi) is 3.19. The largest absolute Gasteiger partial charge is 0.394 e. The molecule has 0 spiro atoms. The molecule has 72 valence electrons. The quantitative estimate of drug-likeness (QED) is 0.497. The first-order valence-electron chi connectivity index (χ1n) is 4.29. The lowest BCUT2D eigenvalue weighted by molar-refractivity contribution is -0.150. The predicted octanol–water partition coefficient (Wildman–Crippen LogP) is 0.0724. The summed E-state index contributed by atoms with van der Waals surface area (Å²) in [6, 6.07) is -0.555. The Hall–Kier alpha value is -1.16. The van der Waals surface area contributed by atoms with Crippen molar-refractivity contribution in [2.75, 3.05) is 6.61 Å². The molecule has 1 N–H and O–H groups in total. The second-order valence-electron chi connectivity index (χ2n) is 3.00. The Morgan fingerprint density at radius 2 is 2.00 bits per heavy atom. The van der Waals surface area contributed by atoms with Crippen LogP contribution in [0.2, 0.25) is 0 Å². The number of carbonyl (C=O) groups is 2. The maximum absolute atomic E-state index is 11.3. The van der Waals surface area contributed by atoms with Crippen molar-refractivity contribution in [3.05, 3.63) is 12.7 Å². The Bertz CT molecular complexity index is 221. The number of nitrogens with zero attached hydrogens (tertiary/aromatic N) is 1. The minimum Gasteiger partial charge on any atom is -0.394 e. The molecule has 1 atom stereocenters. The van der Waals surface area contributed by atoms with E-state index in [1.54, 1.807) is 0 Å². The van der Waals surface area contributed by atoms with Crippen LogP contribution in [-0.2, 0) is 9.59 Å². The average molecular weight is 183 g/mol. The number of imide groups is 1. The van der Waals surface area contributed by atoms with Gasteiger partial charge in [-0.3, -0.25) is 14.5 Å². The Balaban J connectivity index is 2.78. The molecular weight excluding hydrogens is 170 g/mol. The Morgan fingerprint density at radius 3 is 2.38 bits per heavy atom. The third kappa shape index (κ3) is 1.95. The first kappa shape index (κ1) is 9.92. The molecule has 4 nitrogen and oxygen atoms in total. The van der Waals surface area contributed by atoms with Crippen LogP contribution in [0.1, 0.15) is 19.3 Å². The molecule has 1 aliphatic heterocycles. The molecule has 0 radical (unpaired) electrons. The van der Waals surface area contributed by atoms with Crippen LogP contribution < -0.4 is 0 Å². The smallest absolute Gasteiger partial charge is 0.229 e. The standard InChI is InChI=1S/C9H13NO3/c1-2-7(6-11)10-8(12)4-3-5-9(10)13/h2,7,11H,1,3-6H2/t7-/m0/s1. The van der Waals surface area contributed by atoms with Crippen LogP contribution in [0.4, 0.5) is 0 Å². The van der Waals surface area contributed by atoms with Gasteiger partial charge in [0.05, 0.1) is 12.6 Å². The summed E-state index contributed by atoms with van der Waals surface area (Å²) in [7, 11) is 0. The fourth-order valence-electron chi connectivity index (χ4n) is 1.40. The van der Waals surface area contributed by atoms with Gasteiger partial charge in [0.15, 0.2) is 0 Å². The molecule has 4 heteroatoms. The van der Waals surface area contributed by atoms with E-state index in [9.17, 15) is 9.59 Å². The van der Waals surface area contributed by atoms with E-state index in [1.807, 2.05) is 0 Å². The highest BCUT2D eigenvalue weighted by Crippen LogP contribution is 2.15. The number of hydrogen-bond acceptors (Lipinski definition) is 3. The van der Waals surface area contributed by atoms with Crippen LogP contribution in [0.25, 0.3) is 0 Å². The van der Waals surface area contributed by atoms with Gasteiger partial charge in [-0.2, -0.15) is 0 Å². The topological polar surface area (TPSA) is 57.6 Å². The monoisotopic (exact) mass is 183 g/mol. The van der Waals surface area contributed by atoms with E-state index in [2.05, 4.69) is 6.58 Å². The summed E-state index contributed by atoms with van der Waals surface area (Å²) in [5, 5.41) is 8.90. The van der Waals surface area contributed by atoms with Crippen LogP contribution in [0.3, 0.4) is 0 Å². The summed E-state index contributed by atoms with van der Waals surface area (Å²) in [4.78, 5) is 23.7. The van der Waals surface area contributed by atoms with Gasteiger partial charge in [-0.1, -0.05) is 6.08 Å². The van der Waals surface area contributed by atoms with Crippen molar-refractivity contribution < 1.29 is 14.7 Å². The zero-order valence-electron chi connectivity index (χ0n) is 7.40. The number of hydrogen-bond donors (Lipinski definition) is 1. The SMILES string of the molecule is C=C[C@@H](CO)N1C(=O)CCCC1=O. The molecule has 1 aliphatic rings. The first-order valence-corrected chi connectivity index (χ1v) is 4.29. The zero-order chi connectivity index (χ0) is 9.84. The lowest BCUT2D eigenvalue weighted by Gasteiger charge is -2.29. The summed E-state index contributed by atoms with van der Waals surface area (Å²) in [6.07, 6.45) is 2.80. The lowest BCUT2D eigenvalue weighted by atomic mass is 10.1. The number of amides is 2. The second-order valence-corrected chi connectivity index (χ2v) is 3.00. The highest BCUT2D eigenvalue weighted by molar-refractivity contribution is 5.98. The maximum Gasteiger partial charge on any atom is 0.229 e.